The molecule has 3 N–H and O–H groups in total. The molecule has 6 heteroatoms. The first-order chi connectivity index (χ1) is 11.7. The van der Waals surface area contributed by atoms with Gasteiger partial charge in [-0.25, -0.2) is 4.98 Å². The molecular formula is C18H33N5S. The lowest BCUT2D eigenvalue weighted by Gasteiger charge is -2.30. The Morgan fingerprint density at radius 3 is 2.83 bits per heavy atom. The summed E-state index contributed by atoms with van der Waals surface area (Å²) in [4.78, 5) is 11.6. The van der Waals surface area contributed by atoms with E-state index in [4.69, 9.17) is 5.73 Å². The maximum absolute atomic E-state index is 5.96. The molecule has 2 rings (SSSR count). The number of nitrogens with zero attached hydrogens (tertiary/aromatic N) is 3. The first kappa shape index (κ1) is 19.2. The molecule has 1 saturated heterocycles. The molecule has 1 fully saturated rings. The number of aryl methyl sites for hydroxylation is 1. The topological polar surface area (TPSA) is 66.5 Å². The van der Waals surface area contributed by atoms with Gasteiger partial charge in [-0.15, -0.1) is 11.3 Å². The minimum Gasteiger partial charge on any atom is -0.370 e. The first-order valence-corrected chi connectivity index (χ1v) is 10.2. The molecular weight excluding hydrogens is 318 g/mol. The van der Waals surface area contributed by atoms with Gasteiger partial charge in [0.25, 0.3) is 0 Å². The van der Waals surface area contributed by atoms with Crippen LogP contribution in [0, 0.1) is 12.8 Å². The van der Waals surface area contributed by atoms with Crippen molar-refractivity contribution in [3.05, 3.63) is 16.1 Å². The summed E-state index contributed by atoms with van der Waals surface area (Å²) >= 11 is 1.74. The molecule has 1 aliphatic rings. The van der Waals surface area contributed by atoms with Gasteiger partial charge in [0.1, 0.15) is 0 Å². The van der Waals surface area contributed by atoms with Gasteiger partial charge in [0.2, 0.25) is 0 Å². The van der Waals surface area contributed by atoms with Crippen molar-refractivity contribution in [2.75, 3.05) is 26.2 Å². The molecule has 0 amide bonds. The number of nitrogens with one attached hydrogen (secondary N) is 1. The lowest BCUT2D eigenvalue weighted by atomic mass is 9.97. The molecule has 0 aromatic carbocycles. The fourth-order valence-electron chi connectivity index (χ4n) is 3.09. The highest BCUT2D eigenvalue weighted by Gasteiger charge is 2.19. The van der Waals surface area contributed by atoms with Crippen molar-refractivity contribution < 1.29 is 0 Å². The smallest absolute Gasteiger partial charge is 0.188 e. The molecule has 1 aromatic rings. The quantitative estimate of drug-likeness (QED) is 0.407. The molecule has 1 aliphatic heterocycles. The standard InChI is InChI=1S/C18H33N5S/c1-3-4-5-6-9-20-18(19)21-12-16-7-10-23(11-8-16)13-17-14-24-15(2)22-17/h14,16H,3-13H2,1-2H3,(H3,19,20,21). The van der Waals surface area contributed by atoms with Crippen LogP contribution in [0.15, 0.2) is 10.4 Å². The highest BCUT2D eigenvalue weighted by atomic mass is 32.1. The van der Waals surface area contributed by atoms with Gasteiger partial charge >= 0.3 is 0 Å². The molecule has 0 radical (unpaired) electrons. The molecule has 136 valence electrons. The predicted molar refractivity (Wildman–Crippen MR) is 103 cm³/mol. The Bertz CT molecular complexity index is 491. The summed E-state index contributed by atoms with van der Waals surface area (Å²) < 4.78 is 0. The zero-order valence-corrected chi connectivity index (χ0v) is 16.1. The highest BCUT2D eigenvalue weighted by molar-refractivity contribution is 7.09. The number of aliphatic imine (C=N–C) groups is 1. The number of piperidine rings is 1. The van der Waals surface area contributed by atoms with Crippen molar-refractivity contribution in [2.45, 2.75) is 58.9 Å². The summed E-state index contributed by atoms with van der Waals surface area (Å²) in [6.07, 6.45) is 7.43. The van der Waals surface area contributed by atoms with E-state index in [1.807, 2.05) is 0 Å². The fourth-order valence-corrected chi connectivity index (χ4v) is 3.69. The van der Waals surface area contributed by atoms with E-state index in [1.165, 1.54) is 44.2 Å². The van der Waals surface area contributed by atoms with E-state index in [0.717, 1.165) is 37.7 Å². The minimum atomic E-state index is 0.617. The van der Waals surface area contributed by atoms with Crippen molar-refractivity contribution in [1.29, 1.82) is 0 Å². The van der Waals surface area contributed by atoms with E-state index in [0.29, 0.717) is 11.9 Å². The monoisotopic (exact) mass is 351 g/mol. The van der Waals surface area contributed by atoms with E-state index in [-0.39, 0.29) is 0 Å². The molecule has 0 bridgehead atoms. The molecule has 0 saturated carbocycles. The van der Waals surface area contributed by atoms with Crippen LogP contribution in [0.4, 0.5) is 0 Å². The first-order valence-electron chi connectivity index (χ1n) is 9.34. The van der Waals surface area contributed by atoms with Crippen LogP contribution in [-0.4, -0.2) is 42.0 Å². The lowest BCUT2D eigenvalue weighted by molar-refractivity contribution is 0.179. The van der Waals surface area contributed by atoms with Gasteiger partial charge in [0.15, 0.2) is 5.96 Å². The van der Waals surface area contributed by atoms with Gasteiger partial charge < -0.3 is 11.1 Å². The molecule has 24 heavy (non-hydrogen) atoms. The molecule has 0 unspecified atom stereocenters. The van der Waals surface area contributed by atoms with Crippen LogP contribution in [0.2, 0.25) is 0 Å². The van der Waals surface area contributed by atoms with Crippen LogP contribution in [-0.2, 0) is 6.54 Å². The van der Waals surface area contributed by atoms with Crippen molar-refractivity contribution in [3.8, 4) is 0 Å². The Morgan fingerprint density at radius 1 is 1.38 bits per heavy atom. The number of hydrogen-bond donors (Lipinski definition) is 2. The van der Waals surface area contributed by atoms with Crippen LogP contribution < -0.4 is 11.1 Å². The van der Waals surface area contributed by atoms with E-state index in [1.54, 1.807) is 11.3 Å². The number of aromatic nitrogens is 1. The van der Waals surface area contributed by atoms with E-state index >= 15 is 0 Å². The summed E-state index contributed by atoms with van der Waals surface area (Å²) in [7, 11) is 0. The second-order valence-corrected chi connectivity index (χ2v) is 7.85. The van der Waals surface area contributed by atoms with Crippen LogP contribution in [0.5, 0.6) is 0 Å². The molecule has 0 aliphatic carbocycles. The summed E-state index contributed by atoms with van der Waals surface area (Å²) in [5.41, 5.74) is 7.17. The Hall–Kier alpha value is -1.14. The van der Waals surface area contributed by atoms with Crippen molar-refractivity contribution in [2.24, 2.45) is 16.6 Å². The van der Waals surface area contributed by atoms with Crippen LogP contribution >= 0.6 is 11.3 Å². The molecule has 1 aromatic heterocycles. The second kappa shape index (κ2) is 10.7. The Morgan fingerprint density at radius 2 is 2.17 bits per heavy atom. The number of unbranched alkanes of at least 4 members (excludes halogenated alkanes) is 3. The minimum absolute atomic E-state index is 0.617. The summed E-state index contributed by atoms with van der Waals surface area (Å²) in [5, 5.41) is 6.57. The van der Waals surface area contributed by atoms with E-state index < -0.39 is 0 Å². The van der Waals surface area contributed by atoms with Gasteiger partial charge in [-0.3, -0.25) is 9.89 Å². The van der Waals surface area contributed by atoms with E-state index in [9.17, 15) is 0 Å². The van der Waals surface area contributed by atoms with Crippen LogP contribution in [0.25, 0.3) is 0 Å². The van der Waals surface area contributed by atoms with Crippen molar-refractivity contribution in [1.82, 2.24) is 15.2 Å². The number of hydrogen-bond acceptors (Lipinski definition) is 4. The normalized spacial score (nSPS) is 17.3. The maximum Gasteiger partial charge on any atom is 0.188 e. The van der Waals surface area contributed by atoms with Gasteiger partial charge in [-0.05, 0) is 45.2 Å². The van der Waals surface area contributed by atoms with Gasteiger partial charge in [-0.2, -0.15) is 0 Å². The predicted octanol–water partition coefficient (Wildman–Crippen LogP) is 3.15. The maximum atomic E-state index is 5.96. The van der Waals surface area contributed by atoms with Gasteiger partial charge in [0, 0.05) is 25.0 Å². The molecule has 2 heterocycles. The zero-order chi connectivity index (χ0) is 17.2. The number of likely N-dealkylation sites (tertiary alicyclic amines) is 1. The summed E-state index contributed by atoms with van der Waals surface area (Å²) in [5.74, 6) is 1.28. The van der Waals surface area contributed by atoms with Crippen molar-refractivity contribution in [3.63, 3.8) is 0 Å². The number of thiazole rings is 1. The third-order valence-corrected chi connectivity index (χ3v) is 5.44. The molecule has 0 atom stereocenters. The Kier molecular flexibility index (Phi) is 8.53. The zero-order valence-electron chi connectivity index (χ0n) is 15.3. The summed E-state index contributed by atoms with van der Waals surface area (Å²) in [6, 6.07) is 0. The molecule has 5 nitrogen and oxygen atoms in total. The van der Waals surface area contributed by atoms with E-state index in [2.05, 4.69) is 39.4 Å². The SMILES string of the molecule is CCCCCCNC(N)=NCC1CCN(Cc2csc(C)n2)CC1. The third-order valence-electron chi connectivity index (χ3n) is 4.62. The lowest BCUT2D eigenvalue weighted by Crippen LogP contribution is -2.36. The number of guanidine groups is 1. The van der Waals surface area contributed by atoms with Gasteiger partial charge in [0.05, 0.1) is 10.7 Å². The third kappa shape index (κ3) is 7.18. The second-order valence-electron chi connectivity index (χ2n) is 6.79. The summed E-state index contributed by atoms with van der Waals surface area (Å²) in [6.45, 7) is 9.37. The van der Waals surface area contributed by atoms with Crippen LogP contribution in [0.1, 0.15) is 56.2 Å². The number of rotatable bonds is 9. The average Bonchev–Trinajstić information content (AvgIpc) is 2.99. The van der Waals surface area contributed by atoms with Crippen LogP contribution in [0.3, 0.4) is 0 Å². The highest BCUT2D eigenvalue weighted by Crippen LogP contribution is 2.20. The molecule has 0 spiro atoms. The Labute approximate surface area is 150 Å². The average molecular weight is 352 g/mol. The van der Waals surface area contributed by atoms with Gasteiger partial charge in [-0.1, -0.05) is 26.2 Å². The Balaban J connectivity index is 1.59. The van der Waals surface area contributed by atoms with Crippen molar-refractivity contribution >= 4 is 17.3 Å². The fraction of sp³-hybridized carbons (Fsp3) is 0.778. The largest absolute Gasteiger partial charge is 0.370 e. The number of nitrogens with two attached hydrogens (primary N) is 1.